The third-order valence-corrected chi connectivity index (χ3v) is 4.55. The molecule has 136 valence electrons. The van der Waals surface area contributed by atoms with E-state index in [1.165, 1.54) is 6.92 Å². The fourth-order valence-electron chi connectivity index (χ4n) is 3.26. The van der Waals surface area contributed by atoms with Crippen molar-refractivity contribution in [3.63, 3.8) is 0 Å². The van der Waals surface area contributed by atoms with Crippen molar-refractivity contribution >= 4 is 17.5 Å². The number of nitrogens with one attached hydrogen (secondary N) is 1. The maximum Gasteiger partial charge on any atom is 0.252 e. The van der Waals surface area contributed by atoms with Crippen molar-refractivity contribution in [2.45, 2.75) is 32.4 Å². The number of carbonyl (C=O) groups excluding carboxylic acids is 2. The molecule has 0 radical (unpaired) electrons. The molecule has 3 rings (SSSR count). The summed E-state index contributed by atoms with van der Waals surface area (Å²) in [5.74, 6) is 0.357. The highest BCUT2D eigenvalue weighted by Crippen LogP contribution is 2.22. The lowest BCUT2D eigenvalue weighted by atomic mass is 10.0. The molecule has 1 aliphatic heterocycles. The van der Waals surface area contributed by atoms with E-state index in [0.717, 1.165) is 30.8 Å². The number of hydrogen-bond donors (Lipinski definition) is 2. The molecular formula is C20H23N3O3. The first kappa shape index (κ1) is 18.1. The van der Waals surface area contributed by atoms with Crippen LogP contribution in [-0.2, 0) is 6.54 Å². The van der Waals surface area contributed by atoms with Crippen LogP contribution in [0.25, 0.3) is 0 Å². The maximum absolute atomic E-state index is 12.5. The first-order chi connectivity index (χ1) is 12.6. The van der Waals surface area contributed by atoms with E-state index in [1.807, 2.05) is 12.1 Å². The Labute approximate surface area is 152 Å². The number of amides is 1. The topological polar surface area (TPSA) is 82.5 Å². The molecule has 2 aromatic rings. The third-order valence-electron chi connectivity index (χ3n) is 4.55. The van der Waals surface area contributed by atoms with E-state index < -0.39 is 0 Å². The van der Waals surface area contributed by atoms with Gasteiger partial charge in [0, 0.05) is 37.0 Å². The Balaban J connectivity index is 1.74. The number of aliphatic hydroxyl groups excluding tert-OH is 1. The molecule has 1 amide bonds. The number of aromatic nitrogens is 1. The normalized spacial score (nSPS) is 17.0. The summed E-state index contributed by atoms with van der Waals surface area (Å²) in [6.45, 7) is 3.14. The molecule has 2 N–H and O–H groups in total. The standard InChI is InChI=1S/C20H23N3O3/c1-14(24)17-8-2-3-9-18(17)20(26)22-12-15-6-4-10-21-19(15)23-11-5-7-16(25)13-23/h2-4,6,8-10,16,25H,5,7,11-13H2,1H3,(H,22,26)/t16-/m0/s1. The molecule has 6 heteroatoms. The van der Waals surface area contributed by atoms with E-state index in [4.69, 9.17) is 0 Å². The van der Waals surface area contributed by atoms with Gasteiger partial charge in [-0.1, -0.05) is 24.3 Å². The number of aliphatic hydroxyl groups is 1. The number of piperidine rings is 1. The minimum absolute atomic E-state index is 0.139. The number of β-amino-alcohol motifs (C(OH)–C–C–N with tert-alkyl or cyclic N) is 1. The van der Waals surface area contributed by atoms with Crippen LogP contribution >= 0.6 is 0 Å². The van der Waals surface area contributed by atoms with Gasteiger partial charge in [0.15, 0.2) is 5.78 Å². The molecule has 6 nitrogen and oxygen atoms in total. The van der Waals surface area contributed by atoms with Gasteiger partial charge >= 0.3 is 0 Å². The van der Waals surface area contributed by atoms with Crippen LogP contribution in [-0.4, -0.2) is 41.0 Å². The molecule has 26 heavy (non-hydrogen) atoms. The fourth-order valence-corrected chi connectivity index (χ4v) is 3.26. The van der Waals surface area contributed by atoms with Gasteiger partial charge in [-0.25, -0.2) is 4.98 Å². The molecule has 1 atom stereocenters. The Hall–Kier alpha value is -2.73. The van der Waals surface area contributed by atoms with Gasteiger partial charge in [0.25, 0.3) is 5.91 Å². The molecular weight excluding hydrogens is 330 g/mol. The number of rotatable bonds is 5. The largest absolute Gasteiger partial charge is 0.391 e. The molecule has 0 spiro atoms. The van der Waals surface area contributed by atoms with Crippen molar-refractivity contribution in [2.75, 3.05) is 18.0 Å². The number of hydrogen-bond acceptors (Lipinski definition) is 5. The number of Topliss-reactive ketones (excluding diaryl/α,β-unsaturated/α-hetero) is 1. The lowest BCUT2D eigenvalue weighted by Crippen LogP contribution is -2.39. The van der Waals surface area contributed by atoms with Crippen LogP contribution < -0.4 is 10.2 Å². The average Bonchev–Trinajstić information content (AvgIpc) is 2.66. The summed E-state index contributed by atoms with van der Waals surface area (Å²) in [5.41, 5.74) is 1.67. The van der Waals surface area contributed by atoms with Gasteiger partial charge in [-0.15, -0.1) is 0 Å². The van der Waals surface area contributed by atoms with Gasteiger partial charge in [-0.05, 0) is 31.9 Å². The van der Waals surface area contributed by atoms with Crippen molar-refractivity contribution in [1.29, 1.82) is 0 Å². The first-order valence-electron chi connectivity index (χ1n) is 8.81. The Kier molecular flexibility index (Phi) is 5.63. The minimum Gasteiger partial charge on any atom is -0.391 e. The van der Waals surface area contributed by atoms with Crippen LogP contribution in [0.15, 0.2) is 42.6 Å². The van der Waals surface area contributed by atoms with E-state index in [1.54, 1.807) is 30.5 Å². The summed E-state index contributed by atoms with van der Waals surface area (Å²) < 4.78 is 0. The van der Waals surface area contributed by atoms with Crippen molar-refractivity contribution in [3.8, 4) is 0 Å². The van der Waals surface area contributed by atoms with Crippen LogP contribution in [0.5, 0.6) is 0 Å². The van der Waals surface area contributed by atoms with Crippen LogP contribution in [0.3, 0.4) is 0 Å². The molecule has 2 heterocycles. The maximum atomic E-state index is 12.5. The zero-order chi connectivity index (χ0) is 18.5. The number of ketones is 1. The summed E-state index contributed by atoms with van der Waals surface area (Å²) in [5, 5.41) is 12.8. The summed E-state index contributed by atoms with van der Waals surface area (Å²) >= 11 is 0. The summed E-state index contributed by atoms with van der Waals surface area (Å²) in [6, 6.07) is 10.5. The molecule has 1 fully saturated rings. The van der Waals surface area contributed by atoms with Crippen molar-refractivity contribution in [1.82, 2.24) is 10.3 Å². The second-order valence-corrected chi connectivity index (χ2v) is 6.51. The number of benzene rings is 1. The van der Waals surface area contributed by atoms with Gasteiger partial charge in [-0.3, -0.25) is 9.59 Å². The molecule has 0 saturated carbocycles. The quantitative estimate of drug-likeness (QED) is 0.805. The molecule has 0 bridgehead atoms. The summed E-state index contributed by atoms with van der Waals surface area (Å²) in [7, 11) is 0. The average molecular weight is 353 g/mol. The molecule has 0 aliphatic carbocycles. The Morgan fingerprint density at radius 2 is 2.00 bits per heavy atom. The lowest BCUT2D eigenvalue weighted by molar-refractivity contribution is 0.0936. The summed E-state index contributed by atoms with van der Waals surface area (Å²) in [6.07, 6.45) is 3.08. The number of pyridine rings is 1. The molecule has 1 aromatic carbocycles. The highest BCUT2D eigenvalue weighted by Gasteiger charge is 2.21. The number of carbonyl (C=O) groups is 2. The first-order valence-corrected chi connectivity index (χ1v) is 8.81. The molecule has 0 unspecified atom stereocenters. The van der Waals surface area contributed by atoms with Gasteiger partial charge in [0.1, 0.15) is 5.82 Å². The summed E-state index contributed by atoms with van der Waals surface area (Å²) in [4.78, 5) is 30.8. The highest BCUT2D eigenvalue weighted by atomic mass is 16.3. The van der Waals surface area contributed by atoms with Crippen LogP contribution in [0.2, 0.25) is 0 Å². The second-order valence-electron chi connectivity index (χ2n) is 6.51. The van der Waals surface area contributed by atoms with Crippen molar-refractivity contribution in [3.05, 3.63) is 59.3 Å². The van der Waals surface area contributed by atoms with Gasteiger partial charge in [-0.2, -0.15) is 0 Å². The van der Waals surface area contributed by atoms with Gasteiger partial charge in [0.2, 0.25) is 0 Å². The van der Waals surface area contributed by atoms with Crippen LogP contribution in [0.1, 0.15) is 46.0 Å². The Bertz CT molecular complexity index is 806. The predicted molar refractivity (Wildman–Crippen MR) is 99.3 cm³/mol. The fraction of sp³-hybridized carbons (Fsp3) is 0.350. The lowest BCUT2D eigenvalue weighted by Gasteiger charge is -2.32. The van der Waals surface area contributed by atoms with Crippen molar-refractivity contribution < 1.29 is 14.7 Å². The molecule has 1 aliphatic rings. The van der Waals surface area contributed by atoms with E-state index in [2.05, 4.69) is 15.2 Å². The Morgan fingerprint density at radius 3 is 2.73 bits per heavy atom. The van der Waals surface area contributed by atoms with E-state index in [0.29, 0.717) is 24.2 Å². The Morgan fingerprint density at radius 1 is 1.23 bits per heavy atom. The van der Waals surface area contributed by atoms with E-state index in [-0.39, 0.29) is 17.8 Å². The smallest absolute Gasteiger partial charge is 0.252 e. The van der Waals surface area contributed by atoms with E-state index >= 15 is 0 Å². The molecule has 1 saturated heterocycles. The van der Waals surface area contributed by atoms with Crippen molar-refractivity contribution in [2.24, 2.45) is 0 Å². The SMILES string of the molecule is CC(=O)c1ccccc1C(=O)NCc1cccnc1N1CCC[C@H](O)C1. The molecule has 1 aromatic heterocycles. The minimum atomic E-state index is -0.351. The monoisotopic (exact) mass is 353 g/mol. The number of anilines is 1. The zero-order valence-corrected chi connectivity index (χ0v) is 14.8. The van der Waals surface area contributed by atoms with Gasteiger partial charge < -0.3 is 15.3 Å². The van der Waals surface area contributed by atoms with Crippen LogP contribution in [0, 0.1) is 0 Å². The third kappa shape index (κ3) is 4.08. The number of nitrogens with zero attached hydrogens (tertiary/aromatic N) is 2. The van der Waals surface area contributed by atoms with Gasteiger partial charge in [0.05, 0.1) is 11.7 Å². The van der Waals surface area contributed by atoms with E-state index in [9.17, 15) is 14.7 Å². The zero-order valence-electron chi connectivity index (χ0n) is 14.8. The second kappa shape index (κ2) is 8.10. The highest BCUT2D eigenvalue weighted by molar-refractivity contribution is 6.07. The van der Waals surface area contributed by atoms with Crippen LogP contribution in [0.4, 0.5) is 5.82 Å². The predicted octanol–water partition coefficient (Wildman–Crippen LogP) is 2.18.